The van der Waals surface area contributed by atoms with Crippen molar-refractivity contribution in [1.29, 1.82) is 0 Å². The summed E-state index contributed by atoms with van der Waals surface area (Å²) in [6.45, 7) is 0. The van der Waals surface area contributed by atoms with Crippen molar-refractivity contribution < 1.29 is 4.42 Å². The minimum atomic E-state index is 0.582. The topological polar surface area (TPSA) is 56.7 Å². The number of aromatic nitrogens is 4. The maximum Gasteiger partial charge on any atom is 0.164 e. The first-order valence-electron chi connectivity index (χ1n) is 20.9. The van der Waals surface area contributed by atoms with Gasteiger partial charge < -0.3 is 8.98 Å². The predicted octanol–water partition coefficient (Wildman–Crippen LogP) is 15.0. The van der Waals surface area contributed by atoms with Crippen LogP contribution in [0, 0.1) is 0 Å². The molecule has 0 saturated heterocycles. The zero-order chi connectivity index (χ0) is 40.7. The van der Waals surface area contributed by atoms with Crippen LogP contribution in [-0.2, 0) is 0 Å². The molecule has 0 aliphatic carbocycles. The van der Waals surface area contributed by atoms with Gasteiger partial charge in [-0.05, 0) is 73.8 Å². The Morgan fingerprint density at radius 2 is 0.871 bits per heavy atom. The van der Waals surface area contributed by atoms with Gasteiger partial charge in [0.05, 0.1) is 16.7 Å². The summed E-state index contributed by atoms with van der Waals surface area (Å²) in [5, 5.41) is 11.6. The van der Waals surface area contributed by atoms with E-state index in [0.29, 0.717) is 17.5 Å². The number of hydrogen-bond acceptors (Lipinski definition) is 4. The molecule has 0 unspecified atom stereocenters. The molecule has 62 heavy (non-hydrogen) atoms. The summed E-state index contributed by atoms with van der Waals surface area (Å²) in [6, 6.07) is 72.6. The van der Waals surface area contributed by atoms with Gasteiger partial charge in [-0.25, -0.2) is 15.0 Å². The highest BCUT2D eigenvalue weighted by atomic mass is 16.3. The average Bonchev–Trinajstić information content (AvgIpc) is 3.91. The Kier molecular flexibility index (Phi) is 7.54. The first kappa shape index (κ1) is 34.5. The minimum absolute atomic E-state index is 0.582. The van der Waals surface area contributed by atoms with E-state index in [1.165, 1.54) is 32.3 Å². The largest absolute Gasteiger partial charge is 0.454 e. The summed E-state index contributed by atoms with van der Waals surface area (Å²) >= 11 is 0. The fraction of sp³-hybridized carbons (Fsp3) is 0. The van der Waals surface area contributed by atoms with E-state index in [9.17, 15) is 0 Å². The lowest BCUT2D eigenvalue weighted by atomic mass is 10.00. The van der Waals surface area contributed by atoms with Crippen LogP contribution in [0.5, 0.6) is 0 Å². The number of para-hydroxylation sites is 1. The van der Waals surface area contributed by atoms with Crippen molar-refractivity contribution in [3.05, 3.63) is 206 Å². The minimum Gasteiger partial charge on any atom is -0.454 e. The molecule has 0 aliphatic rings. The number of fused-ring (bicyclic) bond motifs is 11. The van der Waals surface area contributed by atoms with Crippen molar-refractivity contribution in [2.75, 3.05) is 0 Å². The number of nitrogens with zero attached hydrogens (tertiary/aromatic N) is 4. The number of furan rings is 1. The summed E-state index contributed by atoms with van der Waals surface area (Å²) in [4.78, 5) is 15.6. The molecule has 3 heterocycles. The molecule has 288 valence electrons. The van der Waals surface area contributed by atoms with Crippen molar-refractivity contribution in [3.63, 3.8) is 0 Å². The van der Waals surface area contributed by atoms with E-state index < -0.39 is 0 Å². The molecule has 0 atom stereocenters. The van der Waals surface area contributed by atoms with Crippen molar-refractivity contribution in [2.45, 2.75) is 0 Å². The van der Waals surface area contributed by atoms with Gasteiger partial charge in [-0.1, -0.05) is 176 Å². The Morgan fingerprint density at radius 1 is 0.339 bits per heavy atom. The van der Waals surface area contributed by atoms with Crippen LogP contribution in [0.3, 0.4) is 0 Å². The highest BCUT2D eigenvalue weighted by Gasteiger charge is 2.23. The number of rotatable bonds is 5. The van der Waals surface area contributed by atoms with Crippen LogP contribution in [-0.4, -0.2) is 19.5 Å². The van der Waals surface area contributed by atoms with Gasteiger partial charge in [0.2, 0.25) is 0 Å². The molecule has 0 N–H and O–H groups in total. The van der Waals surface area contributed by atoms with E-state index in [1.807, 2.05) is 18.2 Å². The molecule has 0 amide bonds. The van der Waals surface area contributed by atoms with Crippen molar-refractivity contribution in [2.24, 2.45) is 0 Å². The third kappa shape index (κ3) is 5.32. The monoisotopic (exact) mass is 790 g/mol. The van der Waals surface area contributed by atoms with Crippen LogP contribution in [0.2, 0.25) is 0 Å². The molecule has 0 aliphatic heterocycles. The smallest absolute Gasteiger partial charge is 0.164 e. The first-order valence-corrected chi connectivity index (χ1v) is 20.9. The normalized spacial score (nSPS) is 11.9. The molecule has 3 aromatic heterocycles. The van der Waals surface area contributed by atoms with E-state index >= 15 is 0 Å². The van der Waals surface area contributed by atoms with Gasteiger partial charge in [0.1, 0.15) is 5.58 Å². The average molecular weight is 791 g/mol. The molecule has 0 spiro atoms. The SMILES string of the molecule is c1ccc(-c2ccc(-c3nc(-c4ccc5ccccc5c4)nc(-c4cccc5oc6c(-n7c8ccc9ccccc9c8c8c9ccccc9ccc87)cccc6c45)n3)cc2)cc1. The van der Waals surface area contributed by atoms with Crippen molar-refractivity contribution in [3.8, 4) is 51.0 Å². The van der Waals surface area contributed by atoms with Gasteiger partial charge in [-0.15, -0.1) is 0 Å². The number of benzene rings is 10. The van der Waals surface area contributed by atoms with E-state index in [-0.39, 0.29) is 0 Å². The van der Waals surface area contributed by atoms with Gasteiger partial charge in [0, 0.05) is 38.2 Å². The standard InChI is InChI=1S/C57H34N4O/c1-2-12-35(13-3-1)37-24-27-40(28-25-37)55-58-56(42-29-26-36-14-4-5-17-41(36)34-42)60-57(59-55)46-21-11-23-50-51(46)45-20-10-22-49(54(45)62-50)61-47-32-30-38-15-6-8-18-43(38)52(47)53-44-19-9-7-16-39(44)31-33-48(53)61/h1-34H. The van der Waals surface area contributed by atoms with Gasteiger partial charge in [0.15, 0.2) is 23.1 Å². The second-order valence-corrected chi connectivity index (χ2v) is 15.9. The van der Waals surface area contributed by atoms with Crippen LogP contribution in [0.1, 0.15) is 0 Å². The molecular formula is C57H34N4O. The maximum atomic E-state index is 6.98. The molecule has 5 nitrogen and oxygen atoms in total. The predicted molar refractivity (Wildman–Crippen MR) is 256 cm³/mol. The molecule has 13 rings (SSSR count). The molecule has 5 heteroatoms. The number of hydrogen-bond donors (Lipinski definition) is 0. The Labute approximate surface area is 355 Å². The Balaban J connectivity index is 1.04. The van der Waals surface area contributed by atoms with Crippen LogP contribution in [0.25, 0.3) is 127 Å². The molecule has 0 radical (unpaired) electrons. The van der Waals surface area contributed by atoms with Crippen LogP contribution in [0.4, 0.5) is 0 Å². The quantitative estimate of drug-likeness (QED) is 0.174. The highest BCUT2D eigenvalue weighted by Crippen LogP contribution is 2.44. The summed E-state index contributed by atoms with van der Waals surface area (Å²) in [6.07, 6.45) is 0. The van der Waals surface area contributed by atoms with Crippen molar-refractivity contribution in [1.82, 2.24) is 19.5 Å². The van der Waals surface area contributed by atoms with Crippen LogP contribution in [0.15, 0.2) is 211 Å². The maximum absolute atomic E-state index is 6.98. The summed E-state index contributed by atoms with van der Waals surface area (Å²) in [5.74, 6) is 1.80. The fourth-order valence-electron chi connectivity index (χ4n) is 9.53. The lowest BCUT2D eigenvalue weighted by Gasteiger charge is -2.11. The molecule has 10 aromatic carbocycles. The van der Waals surface area contributed by atoms with Crippen LogP contribution < -0.4 is 0 Å². The van der Waals surface area contributed by atoms with E-state index in [0.717, 1.165) is 77.2 Å². The van der Waals surface area contributed by atoms with E-state index in [1.54, 1.807) is 0 Å². The van der Waals surface area contributed by atoms with Gasteiger partial charge >= 0.3 is 0 Å². The highest BCUT2D eigenvalue weighted by molar-refractivity contribution is 6.29. The van der Waals surface area contributed by atoms with Gasteiger partial charge in [0.25, 0.3) is 0 Å². The van der Waals surface area contributed by atoms with E-state index in [2.05, 4.69) is 193 Å². The lowest BCUT2D eigenvalue weighted by Crippen LogP contribution is -2.00. The molecule has 0 bridgehead atoms. The second kappa shape index (κ2) is 13.6. The summed E-state index contributed by atoms with van der Waals surface area (Å²) in [7, 11) is 0. The molecular weight excluding hydrogens is 757 g/mol. The fourth-order valence-corrected chi connectivity index (χ4v) is 9.53. The molecule has 13 aromatic rings. The molecule has 0 fully saturated rings. The third-order valence-electron chi connectivity index (χ3n) is 12.4. The molecule has 0 saturated carbocycles. The van der Waals surface area contributed by atoms with Crippen molar-refractivity contribution >= 4 is 76.1 Å². The first-order chi connectivity index (χ1) is 30.7. The summed E-state index contributed by atoms with van der Waals surface area (Å²) in [5.41, 5.74) is 9.80. The summed E-state index contributed by atoms with van der Waals surface area (Å²) < 4.78 is 9.36. The lowest BCUT2D eigenvalue weighted by molar-refractivity contribution is 0.666. The third-order valence-corrected chi connectivity index (χ3v) is 12.4. The van der Waals surface area contributed by atoms with Gasteiger partial charge in [-0.2, -0.15) is 0 Å². The Hall–Kier alpha value is -8.41. The zero-order valence-corrected chi connectivity index (χ0v) is 33.3. The Morgan fingerprint density at radius 3 is 1.60 bits per heavy atom. The zero-order valence-electron chi connectivity index (χ0n) is 33.3. The van der Waals surface area contributed by atoms with Gasteiger partial charge in [-0.3, -0.25) is 0 Å². The second-order valence-electron chi connectivity index (χ2n) is 15.9. The van der Waals surface area contributed by atoms with E-state index in [4.69, 9.17) is 19.4 Å². The van der Waals surface area contributed by atoms with Crippen LogP contribution >= 0.6 is 0 Å². The Bertz CT molecular complexity index is 3830.